The molecule has 0 saturated carbocycles. The minimum atomic E-state index is 0.793. The number of hydrogen-bond acceptors (Lipinski definition) is 3. The summed E-state index contributed by atoms with van der Waals surface area (Å²) in [6.07, 6.45) is 2.35. The van der Waals surface area contributed by atoms with Gasteiger partial charge >= 0.3 is 0 Å². The molecule has 1 N–H and O–H groups in total. The van der Waals surface area contributed by atoms with Crippen molar-refractivity contribution < 1.29 is 4.74 Å². The number of halogens is 1. The van der Waals surface area contributed by atoms with E-state index in [1.165, 1.54) is 12.0 Å². The second-order valence-corrected chi connectivity index (χ2v) is 5.52. The summed E-state index contributed by atoms with van der Waals surface area (Å²) < 4.78 is 5.50. The molecule has 4 heteroatoms. The van der Waals surface area contributed by atoms with Crippen molar-refractivity contribution in [2.45, 2.75) is 26.3 Å². The van der Waals surface area contributed by atoms with Crippen molar-refractivity contribution in [2.24, 2.45) is 0 Å². The predicted octanol–water partition coefficient (Wildman–Crippen LogP) is 3.18. The number of ether oxygens (including phenoxy) is 1. The van der Waals surface area contributed by atoms with Gasteiger partial charge in [0.05, 0.1) is 6.61 Å². The molecule has 0 spiro atoms. The van der Waals surface area contributed by atoms with Gasteiger partial charge in [-0.15, -0.1) is 0 Å². The van der Waals surface area contributed by atoms with Gasteiger partial charge in [0.2, 0.25) is 0 Å². The smallest absolute Gasteiger partial charge is 0.0590 e. The van der Waals surface area contributed by atoms with Crippen LogP contribution in [-0.4, -0.2) is 44.8 Å². The Hall–Kier alpha value is -0.610. The molecule has 0 heterocycles. The van der Waals surface area contributed by atoms with Gasteiger partial charge in [0.25, 0.3) is 0 Å². The van der Waals surface area contributed by atoms with Crippen LogP contribution in [0.1, 0.15) is 25.3 Å². The lowest BCUT2D eigenvalue weighted by Crippen LogP contribution is -2.30. The summed E-state index contributed by atoms with van der Waals surface area (Å²) in [6, 6.07) is 8.04. The lowest BCUT2D eigenvalue weighted by molar-refractivity contribution is 0.132. The Bertz CT molecular complexity index is 343. The van der Waals surface area contributed by atoms with Gasteiger partial charge < -0.3 is 15.0 Å². The van der Waals surface area contributed by atoms with E-state index in [0.29, 0.717) is 0 Å². The summed E-state index contributed by atoms with van der Waals surface area (Å²) in [4.78, 5) is 2.30. The van der Waals surface area contributed by atoms with Crippen molar-refractivity contribution in [3.05, 3.63) is 34.9 Å². The average Bonchev–Trinajstić information content (AvgIpc) is 2.44. The van der Waals surface area contributed by atoms with E-state index in [9.17, 15) is 0 Å². The van der Waals surface area contributed by atoms with Crippen LogP contribution in [0.2, 0.25) is 5.02 Å². The summed E-state index contributed by atoms with van der Waals surface area (Å²) in [5, 5.41) is 4.19. The fourth-order valence-electron chi connectivity index (χ4n) is 1.87. The molecule has 3 nitrogen and oxygen atoms in total. The molecule has 0 aliphatic carbocycles. The second kappa shape index (κ2) is 11.1. The van der Waals surface area contributed by atoms with Crippen LogP contribution in [0.15, 0.2) is 24.3 Å². The van der Waals surface area contributed by atoms with Gasteiger partial charge in [-0.25, -0.2) is 0 Å². The number of benzene rings is 1. The highest BCUT2D eigenvalue weighted by molar-refractivity contribution is 6.30. The maximum absolute atomic E-state index is 5.88. The minimum absolute atomic E-state index is 0.793. The first kappa shape index (κ1) is 17.4. The Kier molecular flexibility index (Phi) is 9.67. The first-order valence-electron chi connectivity index (χ1n) is 7.44. The van der Waals surface area contributed by atoms with E-state index in [4.69, 9.17) is 16.3 Å². The van der Waals surface area contributed by atoms with E-state index in [-0.39, 0.29) is 0 Å². The molecular weight excluding hydrogens is 272 g/mol. The summed E-state index contributed by atoms with van der Waals surface area (Å²) in [5.74, 6) is 0. The van der Waals surface area contributed by atoms with E-state index in [1.807, 2.05) is 12.1 Å². The van der Waals surface area contributed by atoms with E-state index >= 15 is 0 Å². The first-order valence-corrected chi connectivity index (χ1v) is 7.81. The zero-order chi connectivity index (χ0) is 14.6. The van der Waals surface area contributed by atoms with Crippen LogP contribution in [0.25, 0.3) is 0 Å². The molecule has 0 amide bonds. The van der Waals surface area contributed by atoms with Crippen LogP contribution in [0.5, 0.6) is 0 Å². The molecule has 0 aliphatic rings. The molecule has 0 saturated heterocycles. The molecule has 0 unspecified atom stereocenters. The van der Waals surface area contributed by atoms with Gasteiger partial charge in [-0.05, 0) is 31.2 Å². The quantitative estimate of drug-likeness (QED) is 0.635. The SMILES string of the molecule is CCCCOCCNCCN(C)Cc1ccc(Cl)cc1. The Labute approximate surface area is 128 Å². The van der Waals surface area contributed by atoms with Crippen molar-refractivity contribution in [2.75, 3.05) is 39.9 Å². The zero-order valence-electron chi connectivity index (χ0n) is 12.7. The maximum atomic E-state index is 5.88. The van der Waals surface area contributed by atoms with E-state index in [1.54, 1.807) is 0 Å². The molecular formula is C16H27ClN2O. The third kappa shape index (κ3) is 8.54. The number of unbranched alkanes of at least 4 members (excludes halogenated alkanes) is 1. The van der Waals surface area contributed by atoms with Crippen molar-refractivity contribution >= 4 is 11.6 Å². The Morgan fingerprint density at radius 2 is 1.90 bits per heavy atom. The number of rotatable bonds is 11. The molecule has 1 aromatic rings. The monoisotopic (exact) mass is 298 g/mol. The van der Waals surface area contributed by atoms with Crippen molar-refractivity contribution in [1.82, 2.24) is 10.2 Å². The molecule has 0 fully saturated rings. The van der Waals surface area contributed by atoms with Gasteiger partial charge in [-0.2, -0.15) is 0 Å². The van der Waals surface area contributed by atoms with Crippen LogP contribution >= 0.6 is 11.6 Å². The van der Waals surface area contributed by atoms with Crippen molar-refractivity contribution in [3.8, 4) is 0 Å². The first-order chi connectivity index (χ1) is 9.72. The lowest BCUT2D eigenvalue weighted by Gasteiger charge is -2.17. The molecule has 0 radical (unpaired) electrons. The largest absolute Gasteiger partial charge is 0.380 e. The van der Waals surface area contributed by atoms with Crippen LogP contribution in [-0.2, 0) is 11.3 Å². The fourth-order valence-corrected chi connectivity index (χ4v) is 1.99. The van der Waals surface area contributed by atoms with E-state index in [2.05, 4.69) is 36.3 Å². The molecule has 0 atom stereocenters. The molecule has 0 bridgehead atoms. The minimum Gasteiger partial charge on any atom is -0.380 e. The molecule has 1 rings (SSSR count). The van der Waals surface area contributed by atoms with Gasteiger partial charge in [0.1, 0.15) is 0 Å². The highest BCUT2D eigenvalue weighted by Gasteiger charge is 2.00. The molecule has 114 valence electrons. The number of hydrogen-bond donors (Lipinski definition) is 1. The molecule has 1 aromatic carbocycles. The van der Waals surface area contributed by atoms with E-state index < -0.39 is 0 Å². The number of nitrogens with zero attached hydrogens (tertiary/aromatic N) is 1. The Morgan fingerprint density at radius 3 is 2.60 bits per heavy atom. The summed E-state index contributed by atoms with van der Waals surface area (Å²) in [7, 11) is 2.13. The third-order valence-electron chi connectivity index (χ3n) is 3.10. The van der Waals surface area contributed by atoms with Crippen molar-refractivity contribution in [3.63, 3.8) is 0 Å². The van der Waals surface area contributed by atoms with Gasteiger partial charge in [0, 0.05) is 37.8 Å². The fraction of sp³-hybridized carbons (Fsp3) is 0.625. The topological polar surface area (TPSA) is 24.5 Å². The van der Waals surface area contributed by atoms with Crippen LogP contribution < -0.4 is 5.32 Å². The second-order valence-electron chi connectivity index (χ2n) is 5.08. The maximum Gasteiger partial charge on any atom is 0.0590 e. The highest BCUT2D eigenvalue weighted by atomic mass is 35.5. The standard InChI is InChI=1S/C16H27ClN2O/c1-3-4-12-20-13-10-18-9-11-19(2)14-15-5-7-16(17)8-6-15/h5-8,18H,3-4,9-14H2,1-2H3. The molecule has 20 heavy (non-hydrogen) atoms. The van der Waals surface area contributed by atoms with Crippen molar-refractivity contribution in [1.29, 1.82) is 0 Å². The Balaban J connectivity index is 2.00. The zero-order valence-corrected chi connectivity index (χ0v) is 13.5. The van der Waals surface area contributed by atoms with Gasteiger partial charge in [0.15, 0.2) is 0 Å². The Morgan fingerprint density at radius 1 is 1.15 bits per heavy atom. The van der Waals surface area contributed by atoms with Gasteiger partial charge in [-0.3, -0.25) is 0 Å². The number of likely N-dealkylation sites (N-methyl/N-ethyl adjacent to an activating group) is 1. The predicted molar refractivity (Wildman–Crippen MR) is 86.4 cm³/mol. The third-order valence-corrected chi connectivity index (χ3v) is 3.35. The van der Waals surface area contributed by atoms with E-state index in [0.717, 1.165) is 50.8 Å². The molecule has 0 aromatic heterocycles. The lowest BCUT2D eigenvalue weighted by atomic mass is 10.2. The normalized spacial score (nSPS) is 11.2. The summed E-state index contributed by atoms with van der Waals surface area (Å²) in [5.41, 5.74) is 1.29. The average molecular weight is 299 g/mol. The summed E-state index contributed by atoms with van der Waals surface area (Å²) >= 11 is 5.88. The van der Waals surface area contributed by atoms with Gasteiger partial charge in [-0.1, -0.05) is 37.1 Å². The summed E-state index contributed by atoms with van der Waals surface area (Å²) in [6.45, 7) is 7.76. The highest BCUT2D eigenvalue weighted by Crippen LogP contribution is 2.10. The molecule has 0 aliphatic heterocycles. The van der Waals surface area contributed by atoms with Crippen LogP contribution in [0.4, 0.5) is 0 Å². The number of nitrogens with one attached hydrogen (secondary N) is 1. The van der Waals surface area contributed by atoms with Crippen LogP contribution in [0, 0.1) is 0 Å². The van der Waals surface area contributed by atoms with Crippen LogP contribution in [0.3, 0.4) is 0 Å².